The van der Waals surface area contributed by atoms with Crippen LogP contribution in [0, 0.1) is 23.7 Å². The highest BCUT2D eigenvalue weighted by molar-refractivity contribution is 5.34. The molecule has 0 aliphatic heterocycles. The molecule has 0 aromatic rings. The average molecular weight is 487 g/mol. The third-order valence-electron chi connectivity index (χ3n) is 8.15. The van der Waals surface area contributed by atoms with Gasteiger partial charge in [-0.15, -0.1) is 0 Å². The summed E-state index contributed by atoms with van der Waals surface area (Å²) < 4.78 is 0. The molecular weight excluding hydrogens is 432 g/mol. The molecule has 0 bridgehead atoms. The Morgan fingerprint density at radius 3 is 1.74 bits per heavy atom. The molecule has 0 spiro atoms. The summed E-state index contributed by atoms with van der Waals surface area (Å²) in [5, 5.41) is 0. The molecule has 0 N–H and O–H groups in total. The van der Waals surface area contributed by atoms with Crippen molar-refractivity contribution in [3.8, 4) is 0 Å². The number of aliphatic imine (C=N–C) groups is 2. The van der Waals surface area contributed by atoms with E-state index in [0.717, 1.165) is 38.5 Å². The standard InChI is InChI=1S/C31H54N2O2/c1-5-8-10-12-14-16-19-30(32-24-34)27-21-22-28(26(4)18-7-3)29(23-27)31(33-25-35)20-17-15-13-11-9-6-2/h21-22,26-31H,5-20,23H2,1-4H3. The Kier molecular flexibility index (Phi) is 18.6. The van der Waals surface area contributed by atoms with E-state index in [2.05, 4.69) is 49.8 Å². The molecule has 200 valence electrons. The molecule has 1 rings (SSSR count). The Morgan fingerprint density at radius 2 is 1.20 bits per heavy atom. The molecule has 6 atom stereocenters. The van der Waals surface area contributed by atoms with Crippen LogP contribution in [-0.4, -0.2) is 24.2 Å². The van der Waals surface area contributed by atoms with Crippen molar-refractivity contribution in [2.24, 2.45) is 33.7 Å². The van der Waals surface area contributed by atoms with E-state index in [0.29, 0.717) is 17.8 Å². The van der Waals surface area contributed by atoms with Gasteiger partial charge < -0.3 is 0 Å². The monoisotopic (exact) mass is 486 g/mol. The summed E-state index contributed by atoms with van der Waals surface area (Å²) in [5.74, 6) is 1.53. The van der Waals surface area contributed by atoms with Crippen LogP contribution < -0.4 is 0 Å². The number of allylic oxidation sites excluding steroid dienone is 1. The van der Waals surface area contributed by atoms with Crippen LogP contribution in [0.15, 0.2) is 22.1 Å². The van der Waals surface area contributed by atoms with Crippen LogP contribution in [0.3, 0.4) is 0 Å². The van der Waals surface area contributed by atoms with Gasteiger partial charge in [0.2, 0.25) is 12.2 Å². The minimum absolute atomic E-state index is 0.00485. The summed E-state index contributed by atoms with van der Waals surface area (Å²) in [6.07, 6.45) is 28.6. The zero-order chi connectivity index (χ0) is 25.7. The number of nitrogens with zero attached hydrogens (tertiary/aromatic N) is 2. The van der Waals surface area contributed by atoms with E-state index in [4.69, 9.17) is 0 Å². The topological polar surface area (TPSA) is 58.9 Å². The molecule has 0 radical (unpaired) electrons. The fourth-order valence-electron chi connectivity index (χ4n) is 6.07. The van der Waals surface area contributed by atoms with Gasteiger partial charge in [-0.05, 0) is 37.0 Å². The second-order valence-electron chi connectivity index (χ2n) is 11.0. The van der Waals surface area contributed by atoms with Crippen LogP contribution >= 0.6 is 0 Å². The fraction of sp³-hybridized carbons (Fsp3) is 0.871. The lowest BCUT2D eigenvalue weighted by atomic mass is 9.67. The van der Waals surface area contributed by atoms with Crippen LogP contribution in [0.2, 0.25) is 0 Å². The van der Waals surface area contributed by atoms with Crippen molar-refractivity contribution in [2.75, 3.05) is 0 Å². The van der Waals surface area contributed by atoms with Crippen molar-refractivity contribution in [1.82, 2.24) is 0 Å². The Bertz CT molecular complexity index is 648. The predicted molar refractivity (Wildman–Crippen MR) is 148 cm³/mol. The highest BCUT2D eigenvalue weighted by Crippen LogP contribution is 2.41. The van der Waals surface area contributed by atoms with Crippen molar-refractivity contribution in [2.45, 2.75) is 149 Å². The Hall–Kier alpha value is -1.50. The Labute approximate surface area is 216 Å². The first-order valence-electron chi connectivity index (χ1n) is 14.9. The molecule has 4 nitrogen and oxygen atoms in total. The van der Waals surface area contributed by atoms with Gasteiger partial charge in [0.15, 0.2) is 0 Å². The number of rotatable bonds is 21. The summed E-state index contributed by atoms with van der Waals surface area (Å²) in [6.45, 7) is 9.07. The normalized spacial score (nSPS) is 22.1. The fourth-order valence-corrected chi connectivity index (χ4v) is 6.07. The van der Waals surface area contributed by atoms with Crippen molar-refractivity contribution in [3.63, 3.8) is 0 Å². The first-order chi connectivity index (χ1) is 17.1. The van der Waals surface area contributed by atoms with Gasteiger partial charge in [-0.2, -0.15) is 0 Å². The first kappa shape index (κ1) is 31.5. The minimum Gasteiger partial charge on any atom is -0.211 e. The smallest absolute Gasteiger partial charge is 0.211 e. The minimum atomic E-state index is -0.00485. The molecule has 0 heterocycles. The summed E-state index contributed by atoms with van der Waals surface area (Å²) in [4.78, 5) is 31.3. The molecule has 1 aliphatic carbocycles. The molecule has 35 heavy (non-hydrogen) atoms. The van der Waals surface area contributed by atoms with E-state index in [1.165, 1.54) is 70.6 Å². The number of hydrogen-bond donors (Lipinski definition) is 0. The molecule has 6 unspecified atom stereocenters. The zero-order valence-corrected chi connectivity index (χ0v) is 23.4. The third kappa shape index (κ3) is 12.9. The van der Waals surface area contributed by atoms with Gasteiger partial charge in [0.05, 0.1) is 12.1 Å². The van der Waals surface area contributed by atoms with Crippen molar-refractivity contribution >= 4 is 12.2 Å². The maximum absolute atomic E-state index is 11.4. The molecule has 0 aromatic heterocycles. The van der Waals surface area contributed by atoms with Crippen LogP contribution in [0.4, 0.5) is 0 Å². The van der Waals surface area contributed by atoms with E-state index < -0.39 is 0 Å². The summed E-state index contributed by atoms with van der Waals surface area (Å²) in [7, 11) is 0. The number of hydrogen-bond acceptors (Lipinski definition) is 4. The van der Waals surface area contributed by atoms with Gasteiger partial charge in [-0.1, -0.05) is 130 Å². The molecule has 4 heteroatoms. The Morgan fingerprint density at radius 1 is 0.686 bits per heavy atom. The summed E-state index contributed by atoms with van der Waals surface area (Å²) in [5.41, 5.74) is 0. The van der Waals surface area contributed by atoms with E-state index in [1.54, 1.807) is 0 Å². The quantitative estimate of drug-likeness (QED) is 0.0702. The second-order valence-corrected chi connectivity index (χ2v) is 11.0. The molecule has 0 aromatic carbocycles. The predicted octanol–water partition coefficient (Wildman–Crippen LogP) is 9.14. The van der Waals surface area contributed by atoms with Gasteiger partial charge in [-0.3, -0.25) is 0 Å². The lowest BCUT2D eigenvalue weighted by molar-refractivity contribution is 0.182. The van der Waals surface area contributed by atoms with E-state index in [1.807, 2.05) is 12.2 Å². The first-order valence-corrected chi connectivity index (χ1v) is 14.9. The van der Waals surface area contributed by atoms with Gasteiger partial charge in [0.1, 0.15) is 0 Å². The van der Waals surface area contributed by atoms with Crippen molar-refractivity contribution in [3.05, 3.63) is 12.2 Å². The van der Waals surface area contributed by atoms with Crippen LogP contribution in [0.25, 0.3) is 0 Å². The maximum atomic E-state index is 11.4. The lowest BCUT2D eigenvalue weighted by Gasteiger charge is -2.39. The average Bonchev–Trinajstić information content (AvgIpc) is 2.86. The summed E-state index contributed by atoms with van der Waals surface area (Å²) >= 11 is 0. The molecule has 0 amide bonds. The highest BCUT2D eigenvalue weighted by Gasteiger charge is 2.37. The molecule has 0 saturated heterocycles. The van der Waals surface area contributed by atoms with Gasteiger partial charge >= 0.3 is 0 Å². The molecular formula is C31H54N2O2. The number of isocyanates is 2. The summed E-state index contributed by atoms with van der Waals surface area (Å²) in [6, 6.07) is 0.0140. The second kappa shape index (κ2) is 20.7. The SMILES string of the molecule is CCCCCCCCC(N=C=O)C1C=CC(C(C)CCC)C(C(CCCCCCCC)N=C=O)C1. The van der Waals surface area contributed by atoms with Gasteiger partial charge in [-0.25, -0.2) is 19.6 Å². The zero-order valence-electron chi connectivity index (χ0n) is 23.4. The van der Waals surface area contributed by atoms with Crippen LogP contribution in [-0.2, 0) is 9.59 Å². The van der Waals surface area contributed by atoms with E-state index in [-0.39, 0.29) is 18.0 Å². The molecule has 0 fully saturated rings. The van der Waals surface area contributed by atoms with Gasteiger partial charge in [0.25, 0.3) is 0 Å². The van der Waals surface area contributed by atoms with Crippen LogP contribution in [0.1, 0.15) is 137 Å². The third-order valence-corrected chi connectivity index (χ3v) is 8.15. The van der Waals surface area contributed by atoms with E-state index >= 15 is 0 Å². The number of carbonyl (C=O) groups excluding carboxylic acids is 2. The highest BCUT2D eigenvalue weighted by atomic mass is 16.1. The van der Waals surface area contributed by atoms with E-state index in [9.17, 15) is 9.59 Å². The largest absolute Gasteiger partial charge is 0.235 e. The molecule has 1 aliphatic rings. The number of unbranched alkanes of at least 4 members (excludes halogenated alkanes) is 10. The van der Waals surface area contributed by atoms with Gasteiger partial charge in [0, 0.05) is 5.92 Å². The molecule has 0 saturated carbocycles. The lowest BCUT2D eigenvalue weighted by Crippen LogP contribution is -2.36. The Balaban J connectivity index is 2.91. The van der Waals surface area contributed by atoms with Crippen molar-refractivity contribution in [1.29, 1.82) is 0 Å². The van der Waals surface area contributed by atoms with Crippen molar-refractivity contribution < 1.29 is 9.59 Å². The maximum Gasteiger partial charge on any atom is 0.235 e. The van der Waals surface area contributed by atoms with Crippen LogP contribution in [0.5, 0.6) is 0 Å².